The minimum atomic E-state index is -0.281. The zero-order valence-electron chi connectivity index (χ0n) is 12.5. The van der Waals surface area contributed by atoms with Crippen LogP contribution in [-0.2, 0) is 11.3 Å². The topological polar surface area (TPSA) is 37.4 Å². The maximum atomic E-state index is 13.4. The van der Waals surface area contributed by atoms with Crippen LogP contribution >= 0.6 is 0 Å². The molecule has 0 aromatic carbocycles. The molecular formula is C15H24FN3O. The molecule has 0 saturated carbocycles. The van der Waals surface area contributed by atoms with Gasteiger partial charge in [0.05, 0.1) is 18.4 Å². The minimum Gasteiger partial charge on any atom is -0.372 e. The first-order valence-corrected chi connectivity index (χ1v) is 7.35. The molecule has 0 radical (unpaired) electrons. The second-order valence-electron chi connectivity index (χ2n) is 5.48. The molecule has 1 aliphatic rings. The van der Waals surface area contributed by atoms with Crippen LogP contribution in [0.2, 0.25) is 0 Å². The van der Waals surface area contributed by atoms with Gasteiger partial charge in [-0.05, 0) is 32.9 Å². The molecule has 0 unspecified atom stereocenters. The van der Waals surface area contributed by atoms with Crippen molar-refractivity contribution < 1.29 is 9.13 Å². The number of nitrogens with one attached hydrogen (secondary N) is 1. The number of rotatable bonds is 5. The number of halogens is 1. The van der Waals surface area contributed by atoms with Crippen molar-refractivity contribution in [1.82, 2.24) is 10.3 Å². The van der Waals surface area contributed by atoms with Crippen LogP contribution in [0.25, 0.3) is 0 Å². The predicted molar refractivity (Wildman–Crippen MR) is 78.4 cm³/mol. The van der Waals surface area contributed by atoms with Crippen molar-refractivity contribution in [1.29, 1.82) is 0 Å². The summed E-state index contributed by atoms with van der Waals surface area (Å²) in [5.41, 5.74) is 0.916. The van der Waals surface area contributed by atoms with E-state index in [0.717, 1.165) is 37.4 Å². The summed E-state index contributed by atoms with van der Waals surface area (Å²) in [7, 11) is 0. The lowest BCUT2D eigenvalue weighted by atomic mass is 10.2. The largest absolute Gasteiger partial charge is 0.372 e. The summed E-state index contributed by atoms with van der Waals surface area (Å²) in [4.78, 5) is 6.50. The molecule has 1 saturated heterocycles. The Bertz CT molecular complexity index is 431. The van der Waals surface area contributed by atoms with Gasteiger partial charge in [0.15, 0.2) is 0 Å². The zero-order valence-corrected chi connectivity index (χ0v) is 12.5. The number of anilines is 1. The molecule has 0 amide bonds. The van der Waals surface area contributed by atoms with Gasteiger partial charge in [-0.25, -0.2) is 9.37 Å². The number of pyridine rings is 1. The van der Waals surface area contributed by atoms with Crippen molar-refractivity contribution in [2.45, 2.75) is 45.9 Å². The highest BCUT2D eigenvalue weighted by atomic mass is 19.1. The normalized spacial score (nSPS) is 23.1. The number of nitrogens with zero attached hydrogens (tertiary/aromatic N) is 2. The van der Waals surface area contributed by atoms with Crippen molar-refractivity contribution >= 4 is 5.82 Å². The Morgan fingerprint density at radius 3 is 2.75 bits per heavy atom. The molecule has 1 aliphatic heterocycles. The molecule has 2 heterocycles. The van der Waals surface area contributed by atoms with E-state index in [4.69, 9.17) is 4.74 Å². The summed E-state index contributed by atoms with van der Waals surface area (Å²) in [6.07, 6.45) is 2.69. The van der Waals surface area contributed by atoms with Crippen molar-refractivity contribution in [2.75, 3.05) is 24.5 Å². The van der Waals surface area contributed by atoms with Gasteiger partial charge in [-0.3, -0.25) is 0 Å². The SMILES string of the molecule is CCCNCc1cc(F)cnc1N1C[C@@H](C)O[C@@H](C)C1. The van der Waals surface area contributed by atoms with E-state index in [1.807, 2.05) is 0 Å². The maximum Gasteiger partial charge on any atom is 0.141 e. The van der Waals surface area contributed by atoms with E-state index in [-0.39, 0.29) is 18.0 Å². The van der Waals surface area contributed by atoms with Crippen LogP contribution < -0.4 is 10.2 Å². The molecule has 0 bridgehead atoms. The molecule has 1 aromatic heterocycles. The van der Waals surface area contributed by atoms with E-state index in [9.17, 15) is 4.39 Å². The van der Waals surface area contributed by atoms with E-state index in [1.54, 1.807) is 6.07 Å². The molecular weight excluding hydrogens is 257 g/mol. The van der Waals surface area contributed by atoms with Gasteiger partial charge in [0.25, 0.3) is 0 Å². The average molecular weight is 281 g/mol. The minimum absolute atomic E-state index is 0.169. The van der Waals surface area contributed by atoms with Crippen molar-refractivity contribution in [3.8, 4) is 0 Å². The fourth-order valence-corrected chi connectivity index (χ4v) is 2.64. The number of hydrogen-bond acceptors (Lipinski definition) is 4. The molecule has 1 N–H and O–H groups in total. The van der Waals surface area contributed by atoms with Gasteiger partial charge in [-0.1, -0.05) is 6.92 Å². The van der Waals surface area contributed by atoms with Gasteiger partial charge in [-0.2, -0.15) is 0 Å². The first-order valence-electron chi connectivity index (χ1n) is 7.35. The maximum absolute atomic E-state index is 13.4. The van der Waals surface area contributed by atoms with Gasteiger partial charge in [0, 0.05) is 25.2 Å². The number of hydrogen-bond donors (Lipinski definition) is 1. The second kappa shape index (κ2) is 6.99. The quantitative estimate of drug-likeness (QED) is 0.841. The zero-order chi connectivity index (χ0) is 14.5. The fraction of sp³-hybridized carbons (Fsp3) is 0.667. The molecule has 1 fully saturated rings. The highest BCUT2D eigenvalue weighted by Gasteiger charge is 2.24. The summed E-state index contributed by atoms with van der Waals surface area (Å²) in [6.45, 7) is 9.39. The third-order valence-electron chi connectivity index (χ3n) is 3.37. The number of aromatic nitrogens is 1. The number of ether oxygens (including phenoxy) is 1. The molecule has 5 heteroatoms. The third kappa shape index (κ3) is 3.90. The summed E-state index contributed by atoms with van der Waals surface area (Å²) in [5.74, 6) is 0.591. The van der Waals surface area contributed by atoms with Crippen LogP contribution in [0.4, 0.5) is 10.2 Å². The average Bonchev–Trinajstić information content (AvgIpc) is 2.38. The second-order valence-corrected chi connectivity index (χ2v) is 5.48. The van der Waals surface area contributed by atoms with Gasteiger partial charge >= 0.3 is 0 Å². The van der Waals surface area contributed by atoms with Crippen LogP contribution in [0.15, 0.2) is 12.3 Å². The van der Waals surface area contributed by atoms with E-state index >= 15 is 0 Å². The summed E-state index contributed by atoms with van der Waals surface area (Å²) >= 11 is 0. The lowest BCUT2D eigenvalue weighted by molar-refractivity contribution is -0.00551. The molecule has 4 nitrogen and oxygen atoms in total. The van der Waals surface area contributed by atoms with Crippen LogP contribution in [0.5, 0.6) is 0 Å². The lowest BCUT2D eigenvalue weighted by Crippen LogP contribution is -2.46. The molecule has 2 atom stereocenters. The highest BCUT2D eigenvalue weighted by Crippen LogP contribution is 2.23. The molecule has 20 heavy (non-hydrogen) atoms. The van der Waals surface area contributed by atoms with E-state index < -0.39 is 0 Å². The summed E-state index contributed by atoms with van der Waals surface area (Å²) in [5, 5.41) is 3.32. The van der Waals surface area contributed by atoms with Gasteiger partial charge in [-0.15, -0.1) is 0 Å². The first kappa shape index (κ1) is 15.2. The lowest BCUT2D eigenvalue weighted by Gasteiger charge is -2.37. The highest BCUT2D eigenvalue weighted by molar-refractivity contribution is 5.47. The fourth-order valence-electron chi connectivity index (χ4n) is 2.64. The standard InChI is InChI=1S/C15H24FN3O/c1-4-5-17-7-13-6-14(16)8-18-15(13)19-9-11(2)20-12(3)10-19/h6,8,11-12,17H,4-5,7,9-10H2,1-3H3/t11-,12+. The van der Waals surface area contributed by atoms with Gasteiger partial charge < -0.3 is 15.0 Å². The summed E-state index contributed by atoms with van der Waals surface area (Å²) < 4.78 is 19.2. The Morgan fingerprint density at radius 2 is 2.10 bits per heavy atom. The van der Waals surface area contributed by atoms with Crippen molar-refractivity contribution in [2.24, 2.45) is 0 Å². The smallest absolute Gasteiger partial charge is 0.141 e. The Morgan fingerprint density at radius 1 is 1.40 bits per heavy atom. The van der Waals surface area contributed by atoms with Gasteiger partial charge in [0.2, 0.25) is 0 Å². The molecule has 1 aromatic rings. The van der Waals surface area contributed by atoms with Crippen molar-refractivity contribution in [3.63, 3.8) is 0 Å². The Kier molecular flexibility index (Phi) is 5.31. The predicted octanol–water partition coefficient (Wildman–Crippen LogP) is 2.33. The van der Waals surface area contributed by atoms with Gasteiger partial charge in [0.1, 0.15) is 11.6 Å². The van der Waals surface area contributed by atoms with Crippen LogP contribution in [0, 0.1) is 5.82 Å². The Balaban J connectivity index is 2.16. The van der Waals surface area contributed by atoms with Crippen molar-refractivity contribution in [3.05, 3.63) is 23.6 Å². The number of morpholine rings is 1. The van der Waals surface area contributed by atoms with Crippen LogP contribution in [0.3, 0.4) is 0 Å². The summed E-state index contributed by atoms with van der Waals surface area (Å²) in [6, 6.07) is 1.58. The Hall–Kier alpha value is -1.20. The van der Waals surface area contributed by atoms with E-state index in [0.29, 0.717) is 6.54 Å². The molecule has 0 aliphatic carbocycles. The molecule has 2 rings (SSSR count). The monoisotopic (exact) mass is 281 g/mol. The molecule has 112 valence electrons. The molecule has 0 spiro atoms. The van der Waals surface area contributed by atoms with E-state index in [2.05, 4.69) is 36.0 Å². The van der Waals surface area contributed by atoms with Crippen LogP contribution in [0.1, 0.15) is 32.8 Å². The third-order valence-corrected chi connectivity index (χ3v) is 3.37. The first-order chi connectivity index (χ1) is 9.60. The van der Waals surface area contributed by atoms with E-state index in [1.165, 1.54) is 6.20 Å². The van der Waals surface area contributed by atoms with Crippen LogP contribution in [-0.4, -0.2) is 36.8 Å². The Labute approximate surface area is 120 Å².